The summed E-state index contributed by atoms with van der Waals surface area (Å²) in [6.45, 7) is 0. The van der Waals surface area contributed by atoms with Gasteiger partial charge in [-0.25, -0.2) is 14.4 Å². The molecular weight excluding hydrogens is 407 g/mol. The number of phenols is 3. The number of carbonyl (C=O) groups excluding carboxylic acids is 3. The van der Waals surface area contributed by atoms with Gasteiger partial charge in [-0.15, -0.1) is 0 Å². The molecule has 0 aliphatic carbocycles. The van der Waals surface area contributed by atoms with Gasteiger partial charge >= 0.3 is 25.2 Å². The van der Waals surface area contributed by atoms with Crippen LogP contribution >= 0.6 is 0 Å². The number of aromatic hydroxyl groups is 3. The van der Waals surface area contributed by atoms with E-state index in [1.807, 2.05) is 0 Å². The fraction of sp³-hybridized carbons (Fsp3) is 0. The molecule has 0 saturated heterocycles. The summed E-state index contributed by atoms with van der Waals surface area (Å²) in [5.74, 6) is -4.70. The molecule has 0 saturated carbocycles. The average Bonchev–Trinajstić information content (AvgIpc) is 2.74. The second kappa shape index (κ2) is 9.36. The molecule has 9 nitrogen and oxygen atoms in total. The number of hydrogen-bond donors (Lipinski definition) is 3. The molecule has 3 rings (SSSR count). The molecule has 0 unspecified atom stereocenters. The highest BCUT2D eigenvalue weighted by Crippen LogP contribution is 2.21. The maximum atomic E-state index is 12.4. The molecule has 0 aliphatic rings. The number of para-hydroxylation sites is 3. The first-order chi connectivity index (χ1) is 14.9. The van der Waals surface area contributed by atoms with Gasteiger partial charge in [0, 0.05) is 0 Å². The van der Waals surface area contributed by atoms with Gasteiger partial charge in [0.2, 0.25) is 0 Å². The Labute approximate surface area is 176 Å². The summed E-state index contributed by atoms with van der Waals surface area (Å²) in [5.41, 5.74) is -0.820. The lowest BCUT2D eigenvalue weighted by Crippen LogP contribution is -2.35. The SMILES string of the molecule is O=C(OB(OC(=O)c1ccccc1O)OC(=O)c1ccccc1O)c1ccccc1O. The first kappa shape index (κ1) is 21.2. The Morgan fingerprint density at radius 1 is 0.516 bits per heavy atom. The van der Waals surface area contributed by atoms with E-state index >= 15 is 0 Å². The summed E-state index contributed by atoms with van der Waals surface area (Å²) in [7, 11) is -2.19. The van der Waals surface area contributed by atoms with E-state index < -0.39 is 42.5 Å². The van der Waals surface area contributed by atoms with Gasteiger partial charge in [-0.3, -0.25) is 0 Å². The summed E-state index contributed by atoms with van der Waals surface area (Å²) in [5, 5.41) is 29.4. The third-order valence-corrected chi connectivity index (χ3v) is 3.98. The van der Waals surface area contributed by atoms with Crippen LogP contribution in [0.25, 0.3) is 0 Å². The largest absolute Gasteiger partial charge is 0.870 e. The first-order valence-corrected chi connectivity index (χ1v) is 8.83. The molecule has 3 aromatic rings. The summed E-state index contributed by atoms with van der Waals surface area (Å²) < 4.78 is 14.8. The zero-order valence-corrected chi connectivity index (χ0v) is 15.8. The minimum atomic E-state index is -2.19. The lowest BCUT2D eigenvalue weighted by molar-refractivity contribution is 0.0408. The number of hydrogen-bond acceptors (Lipinski definition) is 9. The molecule has 0 heterocycles. The maximum Gasteiger partial charge on any atom is 0.870 e. The Morgan fingerprint density at radius 3 is 1.03 bits per heavy atom. The highest BCUT2D eigenvalue weighted by molar-refractivity contribution is 6.46. The third kappa shape index (κ3) is 5.12. The van der Waals surface area contributed by atoms with E-state index in [1.165, 1.54) is 72.8 Å². The molecule has 0 spiro atoms. The lowest BCUT2D eigenvalue weighted by atomic mass is 10.1. The van der Waals surface area contributed by atoms with Crippen molar-refractivity contribution in [1.82, 2.24) is 0 Å². The predicted molar refractivity (Wildman–Crippen MR) is 106 cm³/mol. The Hall–Kier alpha value is -4.47. The van der Waals surface area contributed by atoms with Crippen LogP contribution in [0.5, 0.6) is 17.2 Å². The molecular formula is C21H15BO9. The molecule has 0 aliphatic heterocycles. The lowest BCUT2D eigenvalue weighted by Gasteiger charge is -2.15. The standard InChI is InChI=1S/C21H15BO9/c23-16-10-4-1-7-13(16)19(26)29-22(30-20(27)14-8-2-5-11-17(14)24)31-21(28)15-9-3-6-12-18(15)25/h1-12,23-25H. The summed E-state index contributed by atoms with van der Waals surface area (Å²) in [6.07, 6.45) is 0. The Morgan fingerprint density at radius 2 is 0.774 bits per heavy atom. The van der Waals surface area contributed by atoms with E-state index in [0.717, 1.165) is 0 Å². The van der Waals surface area contributed by atoms with Gasteiger partial charge in [-0.1, -0.05) is 36.4 Å². The summed E-state index contributed by atoms with van der Waals surface area (Å²) in [6, 6.07) is 16.2. The zero-order valence-electron chi connectivity index (χ0n) is 15.8. The van der Waals surface area contributed by atoms with Gasteiger partial charge in [0.05, 0.1) is 16.7 Å². The number of rotatable bonds is 6. The van der Waals surface area contributed by atoms with Crippen LogP contribution in [0.4, 0.5) is 0 Å². The number of benzene rings is 3. The van der Waals surface area contributed by atoms with E-state index in [0.29, 0.717) is 0 Å². The van der Waals surface area contributed by atoms with Crippen LogP contribution in [0.1, 0.15) is 31.1 Å². The number of carbonyl (C=O) groups is 3. The molecule has 0 amide bonds. The van der Waals surface area contributed by atoms with Crippen LogP contribution in [0.2, 0.25) is 0 Å². The molecule has 0 bridgehead atoms. The van der Waals surface area contributed by atoms with Gasteiger partial charge in [0.25, 0.3) is 0 Å². The van der Waals surface area contributed by atoms with E-state index in [-0.39, 0.29) is 16.7 Å². The fourth-order valence-electron chi connectivity index (χ4n) is 2.46. The van der Waals surface area contributed by atoms with Crippen LogP contribution in [-0.2, 0) is 14.0 Å². The van der Waals surface area contributed by atoms with Crippen LogP contribution in [0, 0.1) is 0 Å². The zero-order chi connectivity index (χ0) is 22.4. The van der Waals surface area contributed by atoms with Crippen molar-refractivity contribution in [2.45, 2.75) is 0 Å². The highest BCUT2D eigenvalue weighted by Gasteiger charge is 2.39. The number of phenolic OH excluding ortho intramolecular Hbond substituents is 3. The van der Waals surface area contributed by atoms with Crippen molar-refractivity contribution in [2.24, 2.45) is 0 Å². The minimum Gasteiger partial charge on any atom is -0.507 e. The molecule has 0 fully saturated rings. The van der Waals surface area contributed by atoms with Crippen molar-refractivity contribution in [3.8, 4) is 17.2 Å². The van der Waals surface area contributed by atoms with Crippen LogP contribution in [0.15, 0.2) is 72.8 Å². The first-order valence-electron chi connectivity index (χ1n) is 8.83. The molecule has 10 heteroatoms. The summed E-state index contributed by atoms with van der Waals surface area (Å²) >= 11 is 0. The Balaban J connectivity index is 1.84. The molecule has 0 atom stereocenters. The molecule has 0 radical (unpaired) electrons. The predicted octanol–water partition coefficient (Wildman–Crippen LogP) is 2.66. The van der Waals surface area contributed by atoms with E-state index in [9.17, 15) is 29.7 Å². The van der Waals surface area contributed by atoms with Crippen LogP contribution < -0.4 is 0 Å². The summed E-state index contributed by atoms with van der Waals surface area (Å²) in [4.78, 5) is 37.1. The van der Waals surface area contributed by atoms with Crippen molar-refractivity contribution in [3.63, 3.8) is 0 Å². The second-order valence-electron chi connectivity index (χ2n) is 6.06. The molecule has 156 valence electrons. The van der Waals surface area contributed by atoms with Crippen molar-refractivity contribution in [2.75, 3.05) is 0 Å². The third-order valence-electron chi connectivity index (χ3n) is 3.98. The van der Waals surface area contributed by atoms with Gasteiger partial charge in [-0.2, -0.15) is 0 Å². The Bertz CT molecular complexity index is 988. The van der Waals surface area contributed by atoms with Crippen molar-refractivity contribution in [3.05, 3.63) is 89.5 Å². The Kier molecular flexibility index (Phi) is 6.41. The molecule has 3 aromatic carbocycles. The van der Waals surface area contributed by atoms with E-state index in [1.54, 1.807) is 0 Å². The van der Waals surface area contributed by atoms with Gasteiger partial charge in [0.15, 0.2) is 0 Å². The van der Waals surface area contributed by atoms with Crippen molar-refractivity contribution in [1.29, 1.82) is 0 Å². The molecule has 0 aromatic heterocycles. The van der Waals surface area contributed by atoms with Gasteiger partial charge < -0.3 is 29.3 Å². The quantitative estimate of drug-likeness (QED) is 0.512. The highest BCUT2D eigenvalue weighted by atomic mass is 16.8. The topological polar surface area (TPSA) is 140 Å². The van der Waals surface area contributed by atoms with Crippen molar-refractivity contribution < 1.29 is 43.7 Å². The monoisotopic (exact) mass is 422 g/mol. The van der Waals surface area contributed by atoms with Gasteiger partial charge in [0.1, 0.15) is 17.2 Å². The maximum absolute atomic E-state index is 12.4. The van der Waals surface area contributed by atoms with Gasteiger partial charge in [-0.05, 0) is 36.4 Å². The molecule has 3 N–H and O–H groups in total. The fourth-order valence-corrected chi connectivity index (χ4v) is 2.46. The van der Waals surface area contributed by atoms with E-state index in [2.05, 4.69) is 0 Å². The minimum absolute atomic E-state index is 0.273. The second-order valence-corrected chi connectivity index (χ2v) is 6.06. The smallest absolute Gasteiger partial charge is 0.507 e. The van der Waals surface area contributed by atoms with Crippen LogP contribution in [-0.4, -0.2) is 40.5 Å². The van der Waals surface area contributed by atoms with Crippen LogP contribution in [0.3, 0.4) is 0 Å². The average molecular weight is 422 g/mol. The van der Waals surface area contributed by atoms with Crippen molar-refractivity contribution >= 4 is 25.2 Å². The van der Waals surface area contributed by atoms with E-state index in [4.69, 9.17) is 14.0 Å². The molecule has 31 heavy (non-hydrogen) atoms. The normalized spacial score (nSPS) is 10.1.